The Morgan fingerprint density at radius 1 is 1.38 bits per heavy atom. The molecule has 0 unspecified atom stereocenters. The Morgan fingerprint density at radius 3 is 2.75 bits per heavy atom. The predicted molar refractivity (Wildman–Crippen MR) is 85.5 cm³/mol. The Labute approximate surface area is 141 Å². The topological polar surface area (TPSA) is 88.4 Å². The van der Waals surface area contributed by atoms with Gasteiger partial charge in [-0.05, 0) is 36.6 Å². The second kappa shape index (κ2) is 7.57. The van der Waals surface area contributed by atoms with Crippen molar-refractivity contribution in [2.75, 3.05) is 12.4 Å². The van der Waals surface area contributed by atoms with Crippen LogP contribution in [0.25, 0.3) is 0 Å². The van der Waals surface area contributed by atoms with Crippen LogP contribution in [0.3, 0.4) is 0 Å². The Bertz CT molecular complexity index is 813. The van der Waals surface area contributed by atoms with Gasteiger partial charge < -0.3 is 14.8 Å². The van der Waals surface area contributed by atoms with E-state index < -0.39 is 23.8 Å². The maximum absolute atomic E-state index is 13.6. The second-order valence-corrected chi connectivity index (χ2v) is 5.58. The first-order chi connectivity index (χ1) is 11.5. The third-order valence-corrected chi connectivity index (χ3v) is 3.89. The van der Waals surface area contributed by atoms with Gasteiger partial charge in [0, 0.05) is 0 Å². The molecule has 124 valence electrons. The highest BCUT2D eigenvalue weighted by Gasteiger charge is 2.21. The Kier molecular flexibility index (Phi) is 5.50. The fourth-order valence-corrected chi connectivity index (χ4v) is 2.52. The molecule has 8 heteroatoms. The van der Waals surface area contributed by atoms with Crippen LogP contribution in [0.4, 0.5) is 9.39 Å². The number of anilines is 1. The van der Waals surface area contributed by atoms with E-state index in [0.29, 0.717) is 10.6 Å². The summed E-state index contributed by atoms with van der Waals surface area (Å²) in [6.45, 7) is 1.38. The van der Waals surface area contributed by atoms with Crippen LogP contribution in [0.2, 0.25) is 0 Å². The Morgan fingerprint density at radius 2 is 2.12 bits per heavy atom. The first kappa shape index (κ1) is 17.4. The number of ether oxygens (including phenoxy) is 2. The van der Waals surface area contributed by atoms with Gasteiger partial charge in [-0.25, -0.2) is 9.18 Å². The van der Waals surface area contributed by atoms with Crippen LogP contribution >= 0.6 is 11.3 Å². The lowest BCUT2D eigenvalue weighted by Crippen LogP contribution is -2.30. The van der Waals surface area contributed by atoms with Crippen molar-refractivity contribution in [1.29, 1.82) is 5.26 Å². The molecular formula is C16H13FN2O4S. The zero-order valence-corrected chi connectivity index (χ0v) is 13.6. The number of hydrogen-bond donors (Lipinski definition) is 1. The summed E-state index contributed by atoms with van der Waals surface area (Å²) in [5.74, 6) is -2.14. The summed E-state index contributed by atoms with van der Waals surface area (Å²) in [5, 5.41) is 13.4. The van der Waals surface area contributed by atoms with Crippen LogP contribution in [-0.4, -0.2) is 25.1 Å². The molecule has 1 atom stereocenters. The Hall–Kier alpha value is -2.92. The van der Waals surface area contributed by atoms with Crippen molar-refractivity contribution in [1.82, 2.24) is 0 Å². The van der Waals surface area contributed by atoms with Crippen molar-refractivity contribution in [2.24, 2.45) is 0 Å². The van der Waals surface area contributed by atoms with E-state index in [1.54, 1.807) is 11.4 Å². The molecule has 0 fully saturated rings. The molecule has 1 aromatic carbocycles. The van der Waals surface area contributed by atoms with Gasteiger partial charge in [0.2, 0.25) is 0 Å². The molecule has 0 aliphatic rings. The summed E-state index contributed by atoms with van der Waals surface area (Å²) in [4.78, 5) is 24.0. The zero-order valence-electron chi connectivity index (χ0n) is 12.8. The number of nitrogens with one attached hydrogen (secondary N) is 1. The molecule has 2 rings (SSSR count). The van der Waals surface area contributed by atoms with Gasteiger partial charge in [-0.3, -0.25) is 4.79 Å². The molecule has 1 N–H and O–H groups in total. The van der Waals surface area contributed by atoms with Crippen molar-refractivity contribution >= 4 is 28.2 Å². The minimum Gasteiger partial charge on any atom is -0.494 e. The van der Waals surface area contributed by atoms with E-state index >= 15 is 0 Å². The van der Waals surface area contributed by atoms with Crippen LogP contribution in [-0.2, 0) is 9.53 Å². The molecule has 0 radical (unpaired) electrons. The van der Waals surface area contributed by atoms with Crippen LogP contribution in [0.15, 0.2) is 29.6 Å². The maximum Gasteiger partial charge on any atom is 0.339 e. The number of halogens is 1. The average molecular weight is 348 g/mol. The van der Waals surface area contributed by atoms with Gasteiger partial charge in [0.05, 0.1) is 18.2 Å². The van der Waals surface area contributed by atoms with E-state index in [9.17, 15) is 14.0 Å². The molecule has 6 nitrogen and oxygen atoms in total. The number of nitrogens with zero attached hydrogens (tertiary/aromatic N) is 1. The summed E-state index contributed by atoms with van der Waals surface area (Å²) in [7, 11) is 1.31. The van der Waals surface area contributed by atoms with Crippen LogP contribution in [0.5, 0.6) is 5.75 Å². The van der Waals surface area contributed by atoms with Crippen molar-refractivity contribution in [3.63, 3.8) is 0 Å². The van der Waals surface area contributed by atoms with Gasteiger partial charge >= 0.3 is 5.97 Å². The number of hydrogen-bond acceptors (Lipinski definition) is 6. The molecular weight excluding hydrogens is 335 g/mol. The Balaban J connectivity index is 2.02. The summed E-state index contributed by atoms with van der Waals surface area (Å²) in [6, 6.07) is 7.10. The van der Waals surface area contributed by atoms with E-state index in [0.717, 1.165) is 6.07 Å². The molecule has 0 spiro atoms. The smallest absolute Gasteiger partial charge is 0.339 e. The van der Waals surface area contributed by atoms with Gasteiger partial charge in [-0.2, -0.15) is 5.26 Å². The first-order valence-corrected chi connectivity index (χ1v) is 7.67. The largest absolute Gasteiger partial charge is 0.494 e. The van der Waals surface area contributed by atoms with Crippen LogP contribution < -0.4 is 10.1 Å². The highest BCUT2D eigenvalue weighted by molar-refractivity contribution is 7.14. The molecule has 1 amide bonds. The van der Waals surface area contributed by atoms with Gasteiger partial charge in [-0.1, -0.05) is 0 Å². The molecule has 2 aromatic rings. The lowest BCUT2D eigenvalue weighted by atomic mass is 10.2. The highest BCUT2D eigenvalue weighted by atomic mass is 32.1. The number of carbonyl (C=O) groups excluding carboxylic acids is 2. The van der Waals surface area contributed by atoms with Crippen molar-refractivity contribution in [3.05, 3.63) is 46.6 Å². The van der Waals surface area contributed by atoms with E-state index in [-0.39, 0.29) is 11.3 Å². The van der Waals surface area contributed by atoms with E-state index in [2.05, 4.69) is 5.32 Å². The average Bonchev–Trinajstić information content (AvgIpc) is 3.01. The van der Waals surface area contributed by atoms with Gasteiger partial charge in [0.1, 0.15) is 11.1 Å². The number of carbonyl (C=O) groups is 2. The first-order valence-electron chi connectivity index (χ1n) is 6.79. The standard InChI is InChI=1S/C16H13FN2O4S/c1-9(14(20)19-15-11(8-18)5-6-24-15)23-16(21)10-3-4-13(22-2)12(17)7-10/h3-7,9H,1-2H3,(H,19,20)/t9-/m1/s1. The monoisotopic (exact) mass is 348 g/mol. The van der Waals surface area contributed by atoms with Gasteiger partial charge in [0.15, 0.2) is 17.7 Å². The lowest BCUT2D eigenvalue weighted by molar-refractivity contribution is -0.123. The van der Waals surface area contributed by atoms with Crippen molar-refractivity contribution < 1.29 is 23.5 Å². The number of amides is 1. The summed E-state index contributed by atoms with van der Waals surface area (Å²) in [5.41, 5.74) is 0.283. The maximum atomic E-state index is 13.6. The van der Waals surface area contributed by atoms with Gasteiger partial charge in [-0.15, -0.1) is 11.3 Å². The zero-order chi connectivity index (χ0) is 17.7. The second-order valence-electron chi connectivity index (χ2n) is 4.66. The normalized spacial score (nSPS) is 11.2. The van der Waals surface area contributed by atoms with E-state index in [1.807, 2.05) is 6.07 Å². The van der Waals surface area contributed by atoms with E-state index in [4.69, 9.17) is 14.7 Å². The molecule has 0 aliphatic heterocycles. The third-order valence-electron chi connectivity index (χ3n) is 3.06. The number of rotatable bonds is 5. The quantitative estimate of drug-likeness (QED) is 0.839. The number of methoxy groups -OCH3 is 1. The van der Waals surface area contributed by atoms with Crippen molar-refractivity contribution in [2.45, 2.75) is 13.0 Å². The minimum atomic E-state index is -1.11. The number of thiophene rings is 1. The molecule has 0 aliphatic carbocycles. The third kappa shape index (κ3) is 3.88. The van der Waals surface area contributed by atoms with Crippen LogP contribution in [0.1, 0.15) is 22.8 Å². The minimum absolute atomic E-state index is 0.000861. The molecule has 0 saturated heterocycles. The van der Waals surface area contributed by atoms with Crippen molar-refractivity contribution in [3.8, 4) is 11.8 Å². The summed E-state index contributed by atoms with van der Waals surface area (Å²) < 4.78 is 23.4. The summed E-state index contributed by atoms with van der Waals surface area (Å²) in [6.07, 6.45) is -1.11. The van der Waals surface area contributed by atoms with E-state index in [1.165, 1.54) is 37.5 Å². The SMILES string of the molecule is COc1ccc(C(=O)O[C@H](C)C(=O)Nc2sccc2C#N)cc1F. The lowest BCUT2D eigenvalue weighted by Gasteiger charge is -2.13. The number of esters is 1. The fraction of sp³-hybridized carbons (Fsp3) is 0.188. The predicted octanol–water partition coefficient (Wildman–Crippen LogP) is 2.95. The number of nitriles is 1. The van der Waals surface area contributed by atoms with Crippen LogP contribution in [0, 0.1) is 17.1 Å². The molecule has 1 aromatic heterocycles. The molecule has 0 bridgehead atoms. The molecule has 24 heavy (non-hydrogen) atoms. The highest BCUT2D eigenvalue weighted by Crippen LogP contribution is 2.23. The fourth-order valence-electron chi connectivity index (χ4n) is 1.78. The molecule has 0 saturated carbocycles. The van der Waals surface area contributed by atoms with Gasteiger partial charge in [0.25, 0.3) is 5.91 Å². The summed E-state index contributed by atoms with van der Waals surface area (Å²) >= 11 is 1.18. The molecule has 1 heterocycles. The number of benzene rings is 1.